The number of aromatic nitrogens is 1. The number of amides is 2. The summed E-state index contributed by atoms with van der Waals surface area (Å²) in [6, 6.07) is 20.8. The van der Waals surface area contributed by atoms with Gasteiger partial charge in [-0.3, -0.25) is 14.4 Å². The van der Waals surface area contributed by atoms with Crippen LogP contribution in [-0.2, 0) is 19.7 Å². The maximum Gasteiger partial charge on any atom is 0.321 e. The Morgan fingerprint density at radius 1 is 1.02 bits per heavy atom. The fourth-order valence-electron chi connectivity index (χ4n) is 6.38. The molecule has 8 nitrogen and oxygen atoms in total. The molecule has 1 unspecified atom stereocenters. The van der Waals surface area contributed by atoms with Crippen molar-refractivity contribution < 1.29 is 23.9 Å². The van der Waals surface area contributed by atoms with Crippen LogP contribution in [0.2, 0.25) is 0 Å². The molecule has 42 heavy (non-hydrogen) atoms. The molecule has 0 radical (unpaired) electrons. The van der Waals surface area contributed by atoms with Gasteiger partial charge in [-0.15, -0.1) is 0 Å². The number of rotatable bonds is 8. The summed E-state index contributed by atoms with van der Waals surface area (Å²) < 4.78 is 10.9. The minimum Gasteiger partial charge on any atom is -0.480 e. The second kappa shape index (κ2) is 13.0. The molecule has 0 saturated carbocycles. The van der Waals surface area contributed by atoms with Gasteiger partial charge in [-0.25, -0.2) is 4.98 Å². The zero-order valence-corrected chi connectivity index (χ0v) is 24.0. The van der Waals surface area contributed by atoms with Gasteiger partial charge in [0, 0.05) is 25.3 Å². The van der Waals surface area contributed by atoms with Crippen molar-refractivity contribution in [3.05, 3.63) is 108 Å². The highest BCUT2D eigenvalue weighted by Gasteiger charge is 2.50. The molecule has 0 bridgehead atoms. The summed E-state index contributed by atoms with van der Waals surface area (Å²) in [4.78, 5) is 46.8. The predicted octanol–water partition coefficient (Wildman–Crippen LogP) is 4.79. The molecular weight excluding hydrogens is 530 g/mol. The molecule has 3 atom stereocenters. The molecule has 1 aliphatic heterocycles. The average Bonchev–Trinajstić information content (AvgIpc) is 3.28. The van der Waals surface area contributed by atoms with Crippen LogP contribution in [0.25, 0.3) is 0 Å². The highest BCUT2D eigenvalue weighted by molar-refractivity contribution is 5.96. The van der Waals surface area contributed by atoms with Crippen LogP contribution in [-0.4, -0.2) is 60.5 Å². The van der Waals surface area contributed by atoms with Crippen LogP contribution in [0.15, 0.2) is 85.6 Å². The molecule has 1 aliphatic carbocycles. The fraction of sp³-hybridized carbons (Fsp3) is 0.353. The fourth-order valence-corrected chi connectivity index (χ4v) is 6.38. The first-order chi connectivity index (χ1) is 20.5. The Labute approximate surface area is 246 Å². The van der Waals surface area contributed by atoms with Crippen LogP contribution in [0.5, 0.6) is 5.88 Å². The molecular formula is C34H37N3O5. The monoisotopic (exact) mass is 567 g/mol. The van der Waals surface area contributed by atoms with Gasteiger partial charge in [0.1, 0.15) is 17.6 Å². The molecule has 218 valence electrons. The molecule has 2 aromatic carbocycles. The van der Waals surface area contributed by atoms with E-state index in [9.17, 15) is 14.4 Å². The first-order valence-electron chi connectivity index (χ1n) is 14.5. The van der Waals surface area contributed by atoms with Gasteiger partial charge in [0.05, 0.1) is 13.0 Å². The molecule has 1 aromatic heterocycles. The molecule has 2 amide bonds. The second-order valence-electron chi connectivity index (χ2n) is 10.8. The number of fused-ring (bicyclic) bond motifs is 1. The van der Waals surface area contributed by atoms with Gasteiger partial charge >= 0.3 is 5.97 Å². The Bertz CT molecular complexity index is 1440. The second-order valence-corrected chi connectivity index (χ2v) is 10.8. The Kier molecular flexibility index (Phi) is 9.00. The highest BCUT2D eigenvalue weighted by Crippen LogP contribution is 2.48. The minimum atomic E-state index is -1.00. The van der Waals surface area contributed by atoms with E-state index >= 15 is 0 Å². The number of likely N-dealkylation sites (tertiary alicyclic amines) is 1. The lowest BCUT2D eigenvalue weighted by Crippen LogP contribution is -2.45. The number of hydrogen-bond acceptors (Lipinski definition) is 6. The summed E-state index contributed by atoms with van der Waals surface area (Å²) in [5.41, 5.74) is 1.94. The summed E-state index contributed by atoms with van der Waals surface area (Å²) in [6.45, 7) is 4.98. The third-order valence-corrected chi connectivity index (χ3v) is 8.43. The summed E-state index contributed by atoms with van der Waals surface area (Å²) in [5.74, 6) is -0.575. The third-order valence-electron chi connectivity index (χ3n) is 8.43. The molecule has 3 aromatic rings. The standard InChI is InChI=1S/C34H37N3O5/c1-3-23-42-33(40)34(24-11-5-4-6-12-24)19-17-27(26-14-7-8-16-29(26)34)32(39)37-21-10-13-25(18-22-37)36-30(38)28-15-9-20-35-31(28)41-2/h3-9,11-12,14-16,20,25,27H,1,10,13,17-19,21-23H2,2H3,(H,36,38)/t25?,27-,34+/m1/s1. The van der Waals surface area contributed by atoms with E-state index in [0.717, 1.165) is 29.5 Å². The average molecular weight is 568 g/mol. The zero-order chi connectivity index (χ0) is 29.5. The molecule has 8 heteroatoms. The zero-order valence-electron chi connectivity index (χ0n) is 24.0. The maximum absolute atomic E-state index is 14.1. The van der Waals surface area contributed by atoms with Gasteiger partial charge in [0.2, 0.25) is 11.8 Å². The van der Waals surface area contributed by atoms with Crippen LogP contribution in [0.3, 0.4) is 0 Å². The van der Waals surface area contributed by atoms with Crippen LogP contribution in [0.4, 0.5) is 0 Å². The van der Waals surface area contributed by atoms with Crippen LogP contribution in [0, 0.1) is 0 Å². The number of carbonyl (C=O) groups excluding carboxylic acids is 3. The van der Waals surface area contributed by atoms with Crippen LogP contribution in [0.1, 0.15) is 65.1 Å². The first-order valence-corrected chi connectivity index (χ1v) is 14.5. The van der Waals surface area contributed by atoms with E-state index in [0.29, 0.717) is 37.9 Å². The number of ether oxygens (including phenoxy) is 2. The van der Waals surface area contributed by atoms with Crippen LogP contribution >= 0.6 is 0 Å². The van der Waals surface area contributed by atoms with Crippen molar-refractivity contribution in [2.24, 2.45) is 0 Å². The van der Waals surface area contributed by atoms with Gasteiger partial charge in [-0.1, -0.05) is 67.3 Å². The predicted molar refractivity (Wildman–Crippen MR) is 159 cm³/mol. The van der Waals surface area contributed by atoms with Crippen LogP contribution < -0.4 is 10.1 Å². The van der Waals surface area contributed by atoms with Crippen molar-refractivity contribution in [3.63, 3.8) is 0 Å². The number of hydrogen-bond donors (Lipinski definition) is 1. The van der Waals surface area contributed by atoms with Crippen molar-refractivity contribution >= 4 is 17.8 Å². The smallest absolute Gasteiger partial charge is 0.321 e. The van der Waals surface area contributed by atoms with E-state index in [4.69, 9.17) is 9.47 Å². The summed E-state index contributed by atoms with van der Waals surface area (Å²) in [7, 11) is 1.49. The lowest BCUT2D eigenvalue weighted by molar-refractivity contribution is -0.149. The van der Waals surface area contributed by atoms with Gasteiger partial charge in [-0.05, 0) is 60.9 Å². The van der Waals surface area contributed by atoms with E-state index < -0.39 is 5.41 Å². The Morgan fingerprint density at radius 2 is 1.81 bits per heavy atom. The third kappa shape index (κ3) is 5.66. The Morgan fingerprint density at radius 3 is 2.60 bits per heavy atom. The van der Waals surface area contributed by atoms with E-state index in [1.54, 1.807) is 24.4 Å². The van der Waals surface area contributed by atoms with Crippen molar-refractivity contribution in [1.29, 1.82) is 0 Å². The number of methoxy groups -OCH3 is 1. The first kappa shape index (κ1) is 29.0. The normalized spacial score (nSPS) is 21.8. The van der Waals surface area contributed by atoms with E-state index in [2.05, 4.69) is 16.9 Å². The molecule has 2 heterocycles. The van der Waals surface area contributed by atoms with E-state index in [1.807, 2.05) is 59.5 Å². The summed E-state index contributed by atoms with van der Waals surface area (Å²) >= 11 is 0. The summed E-state index contributed by atoms with van der Waals surface area (Å²) in [6.07, 6.45) is 6.33. The quantitative estimate of drug-likeness (QED) is 0.310. The van der Waals surface area contributed by atoms with E-state index in [1.165, 1.54) is 7.11 Å². The molecule has 1 saturated heterocycles. The maximum atomic E-state index is 14.1. The van der Waals surface area contributed by atoms with Crippen molar-refractivity contribution in [2.45, 2.75) is 49.5 Å². The Balaban J connectivity index is 1.35. The van der Waals surface area contributed by atoms with Crippen molar-refractivity contribution in [2.75, 3.05) is 26.8 Å². The minimum absolute atomic E-state index is 0.0597. The van der Waals surface area contributed by atoms with Gasteiger partial charge in [-0.2, -0.15) is 0 Å². The van der Waals surface area contributed by atoms with Gasteiger partial charge in [0.15, 0.2) is 0 Å². The van der Waals surface area contributed by atoms with Gasteiger partial charge < -0.3 is 19.7 Å². The number of nitrogens with zero attached hydrogens (tertiary/aromatic N) is 2. The highest BCUT2D eigenvalue weighted by atomic mass is 16.5. The number of benzene rings is 2. The van der Waals surface area contributed by atoms with Crippen molar-refractivity contribution in [1.82, 2.24) is 15.2 Å². The Hall–Kier alpha value is -4.46. The van der Waals surface area contributed by atoms with E-state index in [-0.39, 0.29) is 42.2 Å². The van der Waals surface area contributed by atoms with Crippen molar-refractivity contribution in [3.8, 4) is 5.88 Å². The largest absolute Gasteiger partial charge is 0.480 e. The lowest BCUT2D eigenvalue weighted by atomic mass is 9.63. The van der Waals surface area contributed by atoms with Gasteiger partial charge in [0.25, 0.3) is 5.91 Å². The number of pyridine rings is 1. The number of nitrogens with one attached hydrogen (secondary N) is 1. The lowest BCUT2D eigenvalue weighted by Gasteiger charge is -2.41. The molecule has 1 fully saturated rings. The molecule has 5 rings (SSSR count). The number of esters is 1. The number of carbonyl (C=O) groups is 3. The molecule has 1 N–H and O–H groups in total. The summed E-state index contributed by atoms with van der Waals surface area (Å²) in [5, 5.41) is 3.11. The molecule has 0 spiro atoms. The topological polar surface area (TPSA) is 97.8 Å². The SMILES string of the molecule is C=CCOC(=O)[C@]1(c2ccccc2)CC[C@@H](C(=O)N2CCCC(NC(=O)c3cccnc3OC)CC2)c2ccccc21. The molecule has 2 aliphatic rings.